The molecule has 8 heteroatoms. The van der Waals surface area contributed by atoms with Crippen molar-refractivity contribution in [2.75, 3.05) is 31.1 Å². The van der Waals surface area contributed by atoms with Gasteiger partial charge in [-0.25, -0.2) is 0 Å². The molecule has 0 N–H and O–H groups in total. The highest BCUT2D eigenvalue weighted by atomic mass is 19.3. The molecule has 0 spiro atoms. The van der Waals surface area contributed by atoms with E-state index in [4.69, 9.17) is 0 Å². The molecule has 1 amide bonds. The summed E-state index contributed by atoms with van der Waals surface area (Å²) in [6, 6.07) is 6.26. The monoisotopic (exact) mass is 285 g/mol. The zero-order valence-corrected chi connectivity index (χ0v) is 10.5. The van der Waals surface area contributed by atoms with E-state index in [9.17, 15) is 23.7 Å². The van der Waals surface area contributed by atoms with Crippen molar-refractivity contribution in [2.24, 2.45) is 0 Å². The van der Waals surface area contributed by atoms with E-state index < -0.39 is 17.3 Å². The molecule has 108 valence electrons. The lowest BCUT2D eigenvalue weighted by Crippen LogP contribution is -2.50. The average Bonchev–Trinajstić information content (AvgIpc) is 2.46. The second kappa shape index (κ2) is 5.81. The van der Waals surface area contributed by atoms with Crippen molar-refractivity contribution in [3.63, 3.8) is 0 Å². The Morgan fingerprint density at radius 1 is 1.20 bits per heavy atom. The van der Waals surface area contributed by atoms with Crippen molar-refractivity contribution in [2.45, 2.75) is 6.43 Å². The maximum atomic E-state index is 12.3. The minimum atomic E-state index is -3.01. The summed E-state index contributed by atoms with van der Waals surface area (Å²) in [5, 5.41) is 10.9. The van der Waals surface area contributed by atoms with E-state index in [0.717, 1.165) is 4.90 Å². The summed E-state index contributed by atoms with van der Waals surface area (Å²) in [5.74, 6) is -1.19. The van der Waals surface area contributed by atoms with Gasteiger partial charge in [-0.1, -0.05) is 12.1 Å². The Hall–Kier alpha value is -2.25. The summed E-state index contributed by atoms with van der Waals surface area (Å²) >= 11 is 0. The third kappa shape index (κ3) is 2.84. The van der Waals surface area contributed by atoms with E-state index in [-0.39, 0.29) is 18.8 Å². The first-order valence-corrected chi connectivity index (χ1v) is 6.06. The van der Waals surface area contributed by atoms with Gasteiger partial charge in [0, 0.05) is 32.2 Å². The van der Waals surface area contributed by atoms with Gasteiger partial charge in [0.2, 0.25) is 0 Å². The van der Waals surface area contributed by atoms with Crippen molar-refractivity contribution >= 4 is 17.3 Å². The summed E-state index contributed by atoms with van der Waals surface area (Å²) in [5.41, 5.74) is 0.419. The van der Waals surface area contributed by atoms with Crippen LogP contribution in [0.15, 0.2) is 24.3 Å². The number of carbonyl (C=O) groups is 1. The Balaban J connectivity index is 2.08. The molecule has 0 radical (unpaired) electrons. The summed E-state index contributed by atoms with van der Waals surface area (Å²) in [6.45, 7) is 0.858. The van der Waals surface area contributed by atoms with Crippen LogP contribution in [-0.4, -0.2) is 48.3 Å². The van der Waals surface area contributed by atoms with Crippen molar-refractivity contribution < 1.29 is 18.5 Å². The molecule has 6 nitrogen and oxygen atoms in total. The minimum Gasteiger partial charge on any atom is -0.362 e. The number of anilines is 1. The van der Waals surface area contributed by atoms with Crippen molar-refractivity contribution in [3.05, 3.63) is 34.4 Å². The van der Waals surface area contributed by atoms with Gasteiger partial charge < -0.3 is 9.80 Å². The van der Waals surface area contributed by atoms with Gasteiger partial charge in [-0.15, -0.1) is 0 Å². The van der Waals surface area contributed by atoms with Gasteiger partial charge in [0.05, 0.1) is 4.92 Å². The number of rotatable bonds is 3. The largest absolute Gasteiger partial charge is 0.362 e. The highest BCUT2D eigenvalue weighted by Gasteiger charge is 2.28. The molecule has 0 saturated carbocycles. The van der Waals surface area contributed by atoms with Crippen LogP contribution in [0.1, 0.15) is 0 Å². The van der Waals surface area contributed by atoms with Crippen molar-refractivity contribution in [1.29, 1.82) is 0 Å². The molecule has 1 aromatic rings. The predicted octanol–water partition coefficient (Wildman–Crippen LogP) is 1.51. The van der Waals surface area contributed by atoms with E-state index in [1.165, 1.54) is 6.07 Å². The summed E-state index contributed by atoms with van der Waals surface area (Å²) in [4.78, 5) is 24.4. The molecular formula is C12H13F2N3O3. The van der Waals surface area contributed by atoms with E-state index >= 15 is 0 Å². The van der Waals surface area contributed by atoms with Crippen LogP contribution in [-0.2, 0) is 4.79 Å². The third-order valence-corrected chi connectivity index (χ3v) is 3.20. The number of nitrogens with zero attached hydrogens (tertiary/aromatic N) is 3. The number of piperazine rings is 1. The number of nitro benzene ring substituents is 1. The third-order valence-electron chi connectivity index (χ3n) is 3.20. The Bertz CT molecular complexity index is 516. The smallest absolute Gasteiger partial charge is 0.315 e. The van der Waals surface area contributed by atoms with E-state index in [2.05, 4.69) is 0 Å². The number of nitro groups is 1. The lowest BCUT2D eigenvalue weighted by molar-refractivity contribution is -0.384. The van der Waals surface area contributed by atoms with Gasteiger partial charge >= 0.3 is 6.43 Å². The number of halogens is 2. The van der Waals surface area contributed by atoms with E-state index in [1.807, 2.05) is 0 Å². The van der Waals surface area contributed by atoms with Gasteiger partial charge in [-0.2, -0.15) is 8.78 Å². The number of amides is 1. The van der Waals surface area contributed by atoms with Crippen LogP contribution < -0.4 is 4.90 Å². The zero-order chi connectivity index (χ0) is 14.7. The molecule has 1 aliphatic heterocycles. The average molecular weight is 285 g/mol. The molecule has 2 rings (SSSR count). The van der Waals surface area contributed by atoms with E-state index in [0.29, 0.717) is 18.8 Å². The number of hydrogen-bond donors (Lipinski definition) is 0. The second-order valence-corrected chi connectivity index (χ2v) is 4.36. The van der Waals surface area contributed by atoms with Crippen LogP contribution >= 0.6 is 0 Å². The van der Waals surface area contributed by atoms with E-state index in [1.54, 1.807) is 23.1 Å². The molecule has 0 bridgehead atoms. The number of carbonyl (C=O) groups excluding carboxylic acids is 1. The highest BCUT2D eigenvalue weighted by molar-refractivity contribution is 5.79. The number of benzene rings is 1. The predicted molar refractivity (Wildman–Crippen MR) is 67.9 cm³/mol. The number of alkyl halides is 2. The number of hydrogen-bond acceptors (Lipinski definition) is 4. The van der Waals surface area contributed by atoms with Gasteiger partial charge in [-0.3, -0.25) is 14.9 Å². The first-order valence-electron chi connectivity index (χ1n) is 6.06. The van der Waals surface area contributed by atoms with Gasteiger partial charge in [0.15, 0.2) is 0 Å². The summed E-state index contributed by atoms with van der Waals surface area (Å²) in [7, 11) is 0. The maximum absolute atomic E-state index is 12.3. The topological polar surface area (TPSA) is 66.7 Å². The minimum absolute atomic E-state index is 0.0267. The standard InChI is InChI=1S/C12H13F2N3O3/c13-11(14)12(18)16-7-5-15(6-8-16)9-3-1-2-4-10(9)17(19)20/h1-4,11H,5-8H2. The van der Waals surface area contributed by atoms with Crippen LogP contribution in [0.5, 0.6) is 0 Å². The second-order valence-electron chi connectivity index (χ2n) is 4.36. The highest BCUT2D eigenvalue weighted by Crippen LogP contribution is 2.28. The Morgan fingerprint density at radius 3 is 2.35 bits per heavy atom. The Morgan fingerprint density at radius 2 is 1.80 bits per heavy atom. The number of para-hydroxylation sites is 2. The SMILES string of the molecule is O=C(C(F)F)N1CCN(c2ccccc2[N+](=O)[O-])CC1. The molecule has 1 saturated heterocycles. The molecule has 1 aromatic carbocycles. The van der Waals surface area contributed by atoms with Gasteiger partial charge in [0.1, 0.15) is 5.69 Å². The Labute approximate surface area is 113 Å². The summed E-state index contributed by atoms with van der Waals surface area (Å²) in [6.07, 6.45) is -3.01. The first kappa shape index (κ1) is 14.2. The first-order chi connectivity index (χ1) is 9.50. The lowest BCUT2D eigenvalue weighted by atomic mass is 10.2. The molecule has 0 atom stereocenters. The van der Waals surface area contributed by atoms with Crippen molar-refractivity contribution in [3.8, 4) is 0 Å². The molecular weight excluding hydrogens is 272 g/mol. The fourth-order valence-corrected chi connectivity index (χ4v) is 2.19. The summed E-state index contributed by atoms with van der Waals surface area (Å²) < 4.78 is 24.6. The van der Waals surface area contributed by atoms with Crippen molar-refractivity contribution in [1.82, 2.24) is 4.90 Å². The molecule has 0 aromatic heterocycles. The Kier molecular flexibility index (Phi) is 4.11. The molecule has 0 aliphatic carbocycles. The van der Waals surface area contributed by atoms with Crippen LogP contribution in [0.4, 0.5) is 20.2 Å². The normalized spacial score (nSPS) is 15.6. The molecule has 20 heavy (non-hydrogen) atoms. The van der Waals surface area contributed by atoms with Crippen LogP contribution in [0.2, 0.25) is 0 Å². The molecule has 1 aliphatic rings. The van der Waals surface area contributed by atoms with Gasteiger partial charge in [-0.05, 0) is 6.07 Å². The molecule has 1 heterocycles. The molecule has 0 unspecified atom stereocenters. The van der Waals surface area contributed by atoms with Crippen LogP contribution in [0, 0.1) is 10.1 Å². The zero-order valence-electron chi connectivity index (χ0n) is 10.5. The quantitative estimate of drug-likeness (QED) is 0.623. The van der Waals surface area contributed by atoms with Crippen LogP contribution in [0.3, 0.4) is 0 Å². The van der Waals surface area contributed by atoms with Gasteiger partial charge in [0.25, 0.3) is 11.6 Å². The molecule has 1 fully saturated rings. The fraction of sp³-hybridized carbons (Fsp3) is 0.417. The maximum Gasteiger partial charge on any atom is 0.315 e. The lowest BCUT2D eigenvalue weighted by Gasteiger charge is -2.35. The fourth-order valence-electron chi connectivity index (χ4n) is 2.19. The van der Waals surface area contributed by atoms with Crippen LogP contribution in [0.25, 0.3) is 0 Å².